The number of rotatable bonds is 7. The zero-order valence-corrected chi connectivity index (χ0v) is 10.9. The molecule has 3 nitrogen and oxygen atoms in total. The molecule has 1 unspecified atom stereocenters. The third-order valence-corrected chi connectivity index (χ3v) is 3.22. The number of hydrogen-bond donors (Lipinski definition) is 1. The van der Waals surface area contributed by atoms with Gasteiger partial charge < -0.3 is 10.2 Å². The Labute approximate surface area is 104 Å². The largest absolute Gasteiger partial charge is 0.356 e. The molecule has 0 spiro atoms. The van der Waals surface area contributed by atoms with Gasteiger partial charge in [0, 0.05) is 25.4 Å². The smallest absolute Gasteiger partial charge is 0.220 e. The van der Waals surface area contributed by atoms with Gasteiger partial charge in [-0.25, -0.2) is 0 Å². The molecular formula is C12H23ClN2O. The van der Waals surface area contributed by atoms with E-state index in [0.717, 1.165) is 19.5 Å². The van der Waals surface area contributed by atoms with Crippen LogP contribution in [0.3, 0.4) is 0 Å². The minimum Gasteiger partial charge on any atom is -0.356 e. The molecule has 1 rings (SSSR count). The van der Waals surface area contributed by atoms with Gasteiger partial charge in [0.15, 0.2) is 0 Å². The molecule has 94 valence electrons. The molecule has 0 aromatic rings. The van der Waals surface area contributed by atoms with Gasteiger partial charge in [0.05, 0.1) is 0 Å². The summed E-state index contributed by atoms with van der Waals surface area (Å²) in [6.45, 7) is 6.54. The molecule has 4 heteroatoms. The fraction of sp³-hybridized carbons (Fsp3) is 0.917. The first kappa shape index (κ1) is 13.8. The van der Waals surface area contributed by atoms with Crippen molar-refractivity contribution in [1.82, 2.24) is 10.2 Å². The number of halogens is 1. The van der Waals surface area contributed by atoms with Crippen molar-refractivity contribution in [2.24, 2.45) is 5.92 Å². The summed E-state index contributed by atoms with van der Waals surface area (Å²) >= 11 is 5.54. The van der Waals surface area contributed by atoms with E-state index in [1.165, 1.54) is 25.9 Å². The van der Waals surface area contributed by atoms with Crippen LogP contribution in [0.5, 0.6) is 0 Å². The second-order valence-corrected chi connectivity index (χ2v) is 5.09. The van der Waals surface area contributed by atoms with Gasteiger partial charge in [-0.3, -0.25) is 4.79 Å². The number of amides is 1. The lowest BCUT2D eigenvalue weighted by atomic mass is 10.1. The third-order valence-electron chi connectivity index (χ3n) is 2.95. The Kier molecular flexibility index (Phi) is 6.81. The summed E-state index contributed by atoms with van der Waals surface area (Å²) in [6.07, 6.45) is 3.98. The molecule has 1 fully saturated rings. The summed E-state index contributed by atoms with van der Waals surface area (Å²) in [4.78, 5) is 13.8. The fourth-order valence-electron chi connectivity index (χ4n) is 2.07. The van der Waals surface area contributed by atoms with Gasteiger partial charge in [0.2, 0.25) is 5.91 Å². The normalized spacial score (nSPS) is 18.6. The van der Waals surface area contributed by atoms with E-state index >= 15 is 0 Å². The van der Waals surface area contributed by atoms with Gasteiger partial charge in [-0.2, -0.15) is 0 Å². The Bertz CT molecular complexity index is 205. The topological polar surface area (TPSA) is 32.3 Å². The first-order valence-electron chi connectivity index (χ1n) is 6.27. The molecule has 1 aliphatic heterocycles. The second kappa shape index (κ2) is 7.91. The molecule has 0 radical (unpaired) electrons. The number of alkyl halides is 1. The number of carbonyl (C=O) groups excluding carboxylic acids is 1. The first-order chi connectivity index (χ1) is 7.72. The highest BCUT2D eigenvalue weighted by Crippen LogP contribution is 2.09. The Morgan fingerprint density at radius 1 is 1.44 bits per heavy atom. The van der Waals surface area contributed by atoms with Crippen LogP contribution in [0.15, 0.2) is 0 Å². The molecule has 1 N–H and O–H groups in total. The molecule has 1 amide bonds. The molecule has 0 saturated carbocycles. The summed E-state index contributed by atoms with van der Waals surface area (Å²) in [7, 11) is 0. The number of nitrogens with one attached hydrogen (secondary N) is 1. The Morgan fingerprint density at radius 3 is 2.75 bits per heavy atom. The third kappa shape index (κ3) is 5.71. The Balaban J connectivity index is 2.04. The van der Waals surface area contributed by atoms with E-state index in [4.69, 9.17) is 11.6 Å². The van der Waals surface area contributed by atoms with Gasteiger partial charge in [-0.15, -0.1) is 11.6 Å². The Morgan fingerprint density at radius 2 is 2.12 bits per heavy atom. The lowest BCUT2D eigenvalue weighted by molar-refractivity contribution is -0.121. The quantitative estimate of drug-likeness (QED) is 0.696. The predicted octanol–water partition coefficient (Wildman–Crippen LogP) is 1.85. The zero-order chi connectivity index (χ0) is 11.8. The highest BCUT2D eigenvalue weighted by molar-refractivity contribution is 6.17. The van der Waals surface area contributed by atoms with E-state index in [1.807, 2.05) is 0 Å². The van der Waals surface area contributed by atoms with Crippen LogP contribution in [0.25, 0.3) is 0 Å². The molecule has 0 aliphatic carbocycles. The average molecular weight is 247 g/mol. The molecule has 0 aromatic heterocycles. The van der Waals surface area contributed by atoms with Crippen LogP contribution in [0.1, 0.15) is 32.6 Å². The highest BCUT2D eigenvalue weighted by Gasteiger charge is 2.14. The Hall–Kier alpha value is -0.280. The highest BCUT2D eigenvalue weighted by atomic mass is 35.5. The lowest BCUT2D eigenvalue weighted by Crippen LogP contribution is -2.34. The monoisotopic (exact) mass is 246 g/mol. The van der Waals surface area contributed by atoms with Gasteiger partial charge in [0.25, 0.3) is 0 Å². The first-order valence-corrected chi connectivity index (χ1v) is 6.81. The van der Waals surface area contributed by atoms with E-state index in [0.29, 0.717) is 18.2 Å². The van der Waals surface area contributed by atoms with E-state index < -0.39 is 0 Å². The number of hydrogen-bond acceptors (Lipinski definition) is 2. The maximum Gasteiger partial charge on any atom is 0.220 e. The van der Waals surface area contributed by atoms with Crippen molar-refractivity contribution >= 4 is 17.5 Å². The maximum absolute atomic E-state index is 11.4. The van der Waals surface area contributed by atoms with Crippen molar-refractivity contribution in [3.8, 4) is 0 Å². The van der Waals surface area contributed by atoms with E-state index in [1.54, 1.807) is 0 Å². The van der Waals surface area contributed by atoms with Crippen LogP contribution >= 0.6 is 11.6 Å². The number of nitrogens with zero attached hydrogens (tertiary/aromatic N) is 1. The van der Waals surface area contributed by atoms with Crippen molar-refractivity contribution < 1.29 is 4.79 Å². The fourth-order valence-corrected chi connectivity index (χ4v) is 2.21. The van der Waals surface area contributed by atoms with Gasteiger partial charge in [0.1, 0.15) is 0 Å². The maximum atomic E-state index is 11.4. The van der Waals surface area contributed by atoms with Gasteiger partial charge >= 0.3 is 0 Å². The van der Waals surface area contributed by atoms with E-state index in [9.17, 15) is 4.79 Å². The SMILES string of the molecule is CC(CNC(=O)CCCCl)CN1CCCC1. The standard InChI is InChI=1S/C12H23ClN2O/c1-11(10-15-7-2-3-8-15)9-14-12(16)5-4-6-13/h11H,2-10H2,1H3,(H,14,16). The van der Waals surface area contributed by atoms with Crippen molar-refractivity contribution in [2.45, 2.75) is 32.6 Å². The second-order valence-electron chi connectivity index (χ2n) is 4.71. The molecule has 16 heavy (non-hydrogen) atoms. The summed E-state index contributed by atoms with van der Waals surface area (Å²) in [5.41, 5.74) is 0. The summed E-state index contributed by atoms with van der Waals surface area (Å²) < 4.78 is 0. The number of likely N-dealkylation sites (tertiary alicyclic amines) is 1. The minimum atomic E-state index is 0.133. The van der Waals surface area contributed by atoms with Crippen LogP contribution in [0, 0.1) is 5.92 Å². The molecule has 1 atom stereocenters. The van der Waals surface area contributed by atoms with Crippen molar-refractivity contribution in [3.63, 3.8) is 0 Å². The lowest BCUT2D eigenvalue weighted by Gasteiger charge is -2.20. The van der Waals surface area contributed by atoms with Gasteiger partial charge in [-0.1, -0.05) is 6.92 Å². The van der Waals surface area contributed by atoms with Crippen LogP contribution in [-0.2, 0) is 4.79 Å². The molecular weight excluding hydrogens is 224 g/mol. The summed E-state index contributed by atoms with van der Waals surface area (Å²) in [6, 6.07) is 0. The van der Waals surface area contributed by atoms with Crippen molar-refractivity contribution in [3.05, 3.63) is 0 Å². The van der Waals surface area contributed by atoms with Gasteiger partial charge in [-0.05, 0) is 38.3 Å². The van der Waals surface area contributed by atoms with E-state index in [-0.39, 0.29) is 5.91 Å². The zero-order valence-electron chi connectivity index (χ0n) is 10.2. The molecule has 1 heterocycles. The predicted molar refractivity (Wildman–Crippen MR) is 67.8 cm³/mol. The number of carbonyl (C=O) groups is 1. The molecule has 1 saturated heterocycles. The van der Waals surface area contributed by atoms with Crippen molar-refractivity contribution in [2.75, 3.05) is 32.1 Å². The molecule has 0 aromatic carbocycles. The van der Waals surface area contributed by atoms with Crippen LogP contribution in [-0.4, -0.2) is 42.9 Å². The van der Waals surface area contributed by atoms with Crippen LogP contribution < -0.4 is 5.32 Å². The van der Waals surface area contributed by atoms with Crippen LogP contribution in [0.4, 0.5) is 0 Å². The van der Waals surface area contributed by atoms with E-state index in [2.05, 4.69) is 17.1 Å². The van der Waals surface area contributed by atoms with Crippen molar-refractivity contribution in [1.29, 1.82) is 0 Å². The average Bonchev–Trinajstić information content (AvgIpc) is 2.76. The van der Waals surface area contributed by atoms with Crippen LogP contribution in [0.2, 0.25) is 0 Å². The summed E-state index contributed by atoms with van der Waals surface area (Å²) in [5, 5.41) is 2.97. The molecule has 1 aliphatic rings. The minimum absolute atomic E-state index is 0.133. The summed E-state index contributed by atoms with van der Waals surface area (Å²) in [5.74, 6) is 1.24. The molecule has 0 bridgehead atoms.